The Balaban J connectivity index is 1.59. The third-order valence-corrected chi connectivity index (χ3v) is 5.86. The van der Waals surface area contributed by atoms with Crippen molar-refractivity contribution in [2.24, 2.45) is 0 Å². The number of amides is 2. The molecule has 2 N–H and O–H groups in total. The van der Waals surface area contributed by atoms with Crippen molar-refractivity contribution >= 4 is 50.9 Å². The molecule has 1 aromatic heterocycles. The standard InChI is InChI=1S/C21H19BrF3N5O2S/c1-2-30-17(11-18(31)27-16-5-3-4-13(10-16)21(23,24)25)28-29-20(30)33-12-19(32)26-15-8-6-14(22)7-9-15/h3-10H,2,11-12H2,1H3,(H,26,32)(H,27,31). The molecule has 1 heterocycles. The molecule has 0 fully saturated rings. The lowest BCUT2D eigenvalue weighted by Gasteiger charge is -2.10. The van der Waals surface area contributed by atoms with Gasteiger partial charge in [0.15, 0.2) is 5.16 Å². The Hall–Kier alpha value is -2.86. The predicted molar refractivity (Wildman–Crippen MR) is 123 cm³/mol. The van der Waals surface area contributed by atoms with E-state index in [-0.39, 0.29) is 23.8 Å². The molecule has 0 aliphatic carbocycles. The summed E-state index contributed by atoms with van der Waals surface area (Å²) in [4.78, 5) is 24.6. The van der Waals surface area contributed by atoms with Crippen molar-refractivity contribution in [1.82, 2.24) is 14.8 Å². The first-order valence-electron chi connectivity index (χ1n) is 9.73. The van der Waals surface area contributed by atoms with Crippen LogP contribution in [0, 0.1) is 0 Å². The Morgan fingerprint density at radius 2 is 1.73 bits per heavy atom. The Kier molecular flexibility index (Phi) is 8.14. The second kappa shape index (κ2) is 10.8. The Morgan fingerprint density at radius 3 is 2.39 bits per heavy atom. The number of nitrogens with zero attached hydrogens (tertiary/aromatic N) is 3. The average molecular weight is 542 g/mol. The van der Waals surface area contributed by atoms with Crippen molar-refractivity contribution in [3.05, 3.63) is 64.4 Å². The third-order valence-electron chi connectivity index (χ3n) is 4.36. The highest BCUT2D eigenvalue weighted by Gasteiger charge is 2.30. The van der Waals surface area contributed by atoms with E-state index in [0.717, 1.165) is 16.6 Å². The number of anilines is 2. The fourth-order valence-corrected chi connectivity index (χ4v) is 3.94. The van der Waals surface area contributed by atoms with Gasteiger partial charge in [0.1, 0.15) is 5.82 Å². The van der Waals surface area contributed by atoms with Crippen molar-refractivity contribution in [1.29, 1.82) is 0 Å². The highest BCUT2D eigenvalue weighted by atomic mass is 79.9. The summed E-state index contributed by atoms with van der Waals surface area (Å²) < 4.78 is 41.1. The summed E-state index contributed by atoms with van der Waals surface area (Å²) in [7, 11) is 0. The average Bonchev–Trinajstić information content (AvgIpc) is 3.14. The quantitative estimate of drug-likeness (QED) is 0.392. The molecule has 0 saturated carbocycles. The smallest absolute Gasteiger partial charge is 0.326 e. The lowest BCUT2D eigenvalue weighted by Crippen LogP contribution is -2.18. The molecule has 0 aliphatic heterocycles. The summed E-state index contributed by atoms with van der Waals surface area (Å²) >= 11 is 4.50. The second-order valence-corrected chi connectivity index (χ2v) is 8.65. The maximum Gasteiger partial charge on any atom is 0.416 e. The SMILES string of the molecule is CCn1c(CC(=O)Nc2cccc(C(F)(F)F)c2)nnc1SCC(=O)Nc1ccc(Br)cc1. The minimum absolute atomic E-state index is 0.0385. The van der Waals surface area contributed by atoms with Crippen LogP contribution in [0.3, 0.4) is 0 Å². The molecule has 3 rings (SSSR count). The van der Waals surface area contributed by atoms with Crippen molar-refractivity contribution < 1.29 is 22.8 Å². The van der Waals surface area contributed by atoms with Gasteiger partial charge < -0.3 is 15.2 Å². The molecule has 174 valence electrons. The van der Waals surface area contributed by atoms with Crippen LogP contribution in [0.15, 0.2) is 58.2 Å². The van der Waals surface area contributed by atoms with Gasteiger partial charge in [-0.25, -0.2) is 0 Å². The van der Waals surface area contributed by atoms with Gasteiger partial charge in [-0.3, -0.25) is 9.59 Å². The maximum absolute atomic E-state index is 12.9. The lowest BCUT2D eigenvalue weighted by atomic mass is 10.2. The highest BCUT2D eigenvalue weighted by Crippen LogP contribution is 2.30. The molecule has 0 spiro atoms. The van der Waals surface area contributed by atoms with Crippen LogP contribution in [0.1, 0.15) is 18.3 Å². The summed E-state index contributed by atoms with van der Waals surface area (Å²) in [6.45, 7) is 2.29. The number of carbonyl (C=O) groups is 2. The molecule has 0 radical (unpaired) electrons. The number of alkyl halides is 3. The van der Waals surface area contributed by atoms with Crippen molar-refractivity contribution in [2.45, 2.75) is 31.2 Å². The van der Waals surface area contributed by atoms with E-state index < -0.39 is 17.6 Å². The minimum Gasteiger partial charge on any atom is -0.326 e. The topological polar surface area (TPSA) is 88.9 Å². The van der Waals surface area contributed by atoms with E-state index in [1.165, 1.54) is 23.9 Å². The van der Waals surface area contributed by atoms with E-state index in [1.54, 1.807) is 16.7 Å². The summed E-state index contributed by atoms with van der Waals surface area (Å²) in [6.07, 6.45) is -4.68. The monoisotopic (exact) mass is 541 g/mol. The second-order valence-electron chi connectivity index (χ2n) is 6.79. The molecular formula is C21H19BrF3N5O2S. The molecule has 0 atom stereocenters. The molecule has 12 heteroatoms. The van der Waals surface area contributed by atoms with Crippen LogP contribution in [-0.4, -0.2) is 32.3 Å². The van der Waals surface area contributed by atoms with Gasteiger partial charge in [-0.1, -0.05) is 33.8 Å². The Bertz CT molecular complexity index is 1140. The summed E-state index contributed by atoms with van der Waals surface area (Å²) in [5.74, 6) is -0.319. The normalized spacial score (nSPS) is 11.3. The third kappa shape index (κ3) is 7.06. The Labute approximate surface area is 200 Å². The molecule has 0 unspecified atom stereocenters. The number of thioether (sulfide) groups is 1. The number of halogens is 4. The van der Waals surface area contributed by atoms with Crippen molar-refractivity contribution in [3.63, 3.8) is 0 Å². The molecule has 2 amide bonds. The zero-order chi connectivity index (χ0) is 24.0. The number of carbonyl (C=O) groups excluding carboxylic acids is 2. The molecule has 7 nitrogen and oxygen atoms in total. The maximum atomic E-state index is 12.9. The van der Waals surface area contributed by atoms with E-state index in [2.05, 4.69) is 36.8 Å². The first-order valence-corrected chi connectivity index (χ1v) is 11.5. The number of hydrogen-bond acceptors (Lipinski definition) is 5. The van der Waals surface area contributed by atoms with Gasteiger partial charge in [-0.05, 0) is 49.4 Å². The van der Waals surface area contributed by atoms with Gasteiger partial charge in [0.05, 0.1) is 17.7 Å². The fraction of sp³-hybridized carbons (Fsp3) is 0.238. The first kappa shape index (κ1) is 24.8. The van der Waals surface area contributed by atoms with Gasteiger partial charge in [0.2, 0.25) is 11.8 Å². The van der Waals surface area contributed by atoms with Crippen molar-refractivity contribution in [3.8, 4) is 0 Å². The molecule has 0 aliphatic rings. The molecular weight excluding hydrogens is 523 g/mol. The van der Waals surface area contributed by atoms with Crippen LogP contribution < -0.4 is 10.6 Å². The molecule has 33 heavy (non-hydrogen) atoms. The number of hydrogen-bond donors (Lipinski definition) is 2. The lowest BCUT2D eigenvalue weighted by molar-refractivity contribution is -0.137. The van der Waals surface area contributed by atoms with Crippen LogP contribution >= 0.6 is 27.7 Å². The fourth-order valence-electron chi connectivity index (χ4n) is 2.86. The van der Waals surface area contributed by atoms with E-state index >= 15 is 0 Å². The molecule has 3 aromatic rings. The van der Waals surface area contributed by atoms with Crippen LogP contribution in [0.5, 0.6) is 0 Å². The summed E-state index contributed by atoms with van der Waals surface area (Å²) in [5, 5.41) is 13.7. The largest absolute Gasteiger partial charge is 0.416 e. The van der Waals surface area contributed by atoms with Gasteiger partial charge in [-0.2, -0.15) is 13.2 Å². The zero-order valence-electron chi connectivity index (χ0n) is 17.3. The van der Waals surface area contributed by atoms with Gasteiger partial charge >= 0.3 is 6.18 Å². The zero-order valence-corrected chi connectivity index (χ0v) is 19.7. The van der Waals surface area contributed by atoms with E-state index in [0.29, 0.717) is 23.2 Å². The number of aromatic nitrogens is 3. The van der Waals surface area contributed by atoms with E-state index in [1.807, 2.05) is 19.1 Å². The van der Waals surface area contributed by atoms with Gasteiger partial charge in [-0.15, -0.1) is 10.2 Å². The van der Waals surface area contributed by atoms with Gasteiger partial charge in [0, 0.05) is 22.4 Å². The van der Waals surface area contributed by atoms with Crippen LogP contribution in [0.2, 0.25) is 0 Å². The van der Waals surface area contributed by atoms with E-state index in [9.17, 15) is 22.8 Å². The highest BCUT2D eigenvalue weighted by molar-refractivity contribution is 9.10. The molecule has 0 saturated heterocycles. The minimum atomic E-state index is -4.50. The Morgan fingerprint density at radius 1 is 1.03 bits per heavy atom. The van der Waals surface area contributed by atoms with E-state index in [4.69, 9.17) is 0 Å². The summed E-state index contributed by atoms with van der Waals surface area (Å²) in [5.41, 5.74) is -0.151. The van der Waals surface area contributed by atoms with Crippen molar-refractivity contribution in [2.75, 3.05) is 16.4 Å². The van der Waals surface area contributed by atoms with Gasteiger partial charge in [0.25, 0.3) is 0 Å². The first-order chi connectivity index (χ1) is 15.7. The number of benzene rings is 2. The van der Waals surface area contributed by atoms with Crippen LogP contribution in [0.25, 0.3) is 0 Å². The summed E-state index contributed by atoms with van der Waals surface area (Å²) in [6, 6.07) is 11.6. The predicted octanol–water partition coefficient (Wildman–Crippen LogP) is 4.99. The van der Waals surface area contributed by atoms with Crippen LogP contribution in [0.4, 0.5) is 24.5 Å². The molecule has 2 aromatic carbocycles. The number of nitrogens with one attached hydrogen (secondary N) is 2. The number of rotatable bonds is 8. The van der Waals surface area contributed by atoms with Crippen LogP contribution in [-0.2, 0) is 28.7 Å². The molecule has 0 bridgehead atoms.